The van der Waals surface area contributed by atoms with Gasteiger partial charge in [-0.15, -0.1) is 0 Å². The van der Waals surface area contributed by atoms with E-state index in [0.717, 1.165) is 37.8 Å². The lowest BCUT2D eigenvalue weighted by Crippen LogP contribution is -2.26. The summed E-state index contributed by atoms with van der Waals surface area (Å²) in [7, 11) is -3.09. The molecule has 1 aliphatic carbocycles. The van der Waals surface area contributed by atoms with Crippen LogP contribution in [0.5, 0.6) is 0 Å². The van der Waals surface area contributed by atoms with Gasteiger partial charge in [0.25, 0.3) is 0 Å². The first kappa shape index (κ1) is 23.3. The summed E-state index contributed by atoms with van der Waals surface area (Å²) in [5.41, 5.74) is 0.656. The second kappa shape index (κ2) is 9.20. The van der Waals surface area contributed by atoms with Crippen molar-refractivity contribution in [1.82, 2.24) is 19.5 Å². The number of benzene rings is 1. The molecule has 1 saturated carbocycles. The highest BCUT2D eigenvalue weighted by Crippen LogP contribution is 2.33. The van der Waals surface area contributed by atoms with Gasteiger partial charge in [0.1, 0.15) is 32.7 Å². The molecule has 3 aromatic rings. The molecule has 178 valence electrons. The van der Waals surface area contributed by atoms with Crippen molar-refractivity contribution in [2.24, 2.45) is 0 Å². The van der Waals surface area contributed by atoms with E-state index in [4.69, 9.17) is 0 Å². The maximum absolute atomic E-state index is 14.3. The lowest BCUT2D eigenvalue weighted by molar-refractivity contribution is 0.461. The van der Waals surface area contributed by atoms with Crippen LogP contribution in [0.15, 0.2) is 24.4 Å². The van der Waals surface area contributed by atoms with Crippen LogP contribution in [-0.4, -0.2) is 45.5 Å². The molecule has 2 N–H and O–H groups in total. The first-order valence-electron chi connectivity index (χ1n) is 10.8. The molecule has 33 heavy (non-hydrogen) atoms. The molecule has 1 saturated heterocycles. The fraction of sp³-hybridized carbons (Fsp3) is 0.500. The van der Waals surface area contributed by atoms with Crippen molar-refractivity contribution in [2.45, 2.75) is 58.0 Å². The lowest BCUT2D eigenvalue weighted by atomic mass is 10.1. The maximum Gasteiger partial charge on any atom is 0.224 e. The van der Waals surface area contributed by atoms with Crippen LogP contribution in [0.1, 0.15) is 52.0 Å². The fourth-order valence-electron chi connectivity index (χ4n) is 4.51. The Hall–Kier alpha value is -2.82. The Bertz CT molecular complexity index is 1220. The molecular formula is C22H28F2N6O2S. The summed E-state index contributed by atoms with van der Waals surface area (Å²) in [6.45, 7) is 0. The zero-order valence-corrected chi connectivity index (χ0v) is 18.2. The Morgan fingerprint density at radius 1 is 1.00 bits per heavy atom. The van der Waals surface area contributed by atoms with Crippen LogP contribution in [0, 0.1) is 11.6 Å². The molecule has 1 aliphatic heterocycles. The average Bonchev–Trinajstić information content (AvgIpc) is 3.38. The number of sulfone groups is 1. The Morgan fingerprint density at radius 3 is 2.33 bits per heavy atom. The number of rotatable bonds is 5. The third-order valence-electron chi connectivity index (χ3n) is 6.21. The van der Waals surface area contributed by atoms with E-state index in [1.807, 2.05) is 0 Å². The van der Waals surface area contributed by atoms with Crippen LogP contribution in [0.25, 0.3) is 11.2 Å². The Kier molecular flexibility index (Phi) is 6.51. The van der Waals surface area contributed by atoms with Crippen molar-refractivity contribution in [3.8, 4) is 0 Å². The van der Waals surface area contributed by atoms with Gasteiger partial charge in [-0.3, -0.25) is 4.57 Å². The molecule has 2 aliphatic rings. The number of aromatic nitrogens is 4. The van der Waals surface area contributed by atoms with Crippen LogP contribution >= 0.6 is 0 Å². The summed E-state index contributed by atoms with van der Waals surface area (Å²) in [6.07, 6.45) is 6.77. The highest BCUT2D eigenvalue weighted by molar-refractivity contribution is 7.91. The minimum absolute atomic E-state index is 0. The van der Waals surface area contributed by atoms with Gasteiger partial charge >= 0.3 is 0 Å². The smallest absolute Gasteiger partial charge is 0.224 e. The van der Waals surface area contributed by atoms with E-state index >= 15 is 0 Å². The van der Waals surface area contributed by atoms with Crippen molar-refractivity contribution in [1.29, 1.82) is 0 Å². The van der Waals surface area contributed by atoms with Crippen LogP contribution in [-0.2, 0) is 9.84 Å². The predicted octanol–water partition coefficient (Wildman–Crippen LogP) is 4.59. The number of nitrogens with one attached hydrogen (secondary N) is 2. The van der Waals surface area contributed by atoms with E-state index in [1.54, 1.807) is 10.8 Å². The summed E-state index contributed by atoms with van der Waals surface area (Å²) in [5, 5.41) is 6.13. The Balaban J connectivity index is 0.00000259. The quantitative estimate of drug-likeness (QED) is 0.553. The molecular weight excluding hydrogens is 450 g/mol. The highest BCUT2D eigenvalue weighted by atomic mass is 32.2. The minimum atomic E-state index is -3.09. The molecule has 0 amide bonds. The summed E-state index contributed by atoms with van der Waals surface area (Å²) < 4.78 is 54.3. The second-order valence-corrected chi connectivity index (χ2v) is 10.7. The van der Waals surface area contributed by atoms with Gasteiger partial charge in [0, 0.05) is 12.1 Å². The number of fused-ring (bicyclic) bond motifs is 1. The fourth-order valence-corrected chi connectivity index (χ4v) is 5.98. The molecule has 8 nitrogen and oxygen atoms in total. The topological polar surface area (TPSA) is 102 Å². The molecule has 0 spiro atoms. The zero-order valence-electron chi connectivity index (χ0n) is 17.4. The second-order valence-electron chi connectivity index (χ2n) is 8.44. The number of nitrogens with zero attached hydrogens (tertiary/aromatic N) is 4. The van der Waals surface area contributed by atoms with Gasteiger partial charge in [-0.25, -0.2) is 27.2 Å². The normalized spacial score (nSPS) is 18.8. The van der Waals surface area contributed by atoms with Crippen LogP contribution in [0.4, 0.5) is 26.4 Å². The molecule has 5 rings (SSSR count). The van der Waals surface area contributed by atoms with Gasteiger partial charge in [-0.05, 0) is 37.8 Å². The van der Waals surface area contributed by atoms with E-state index in [1.165, 1.54) is 6.07 Å². The largest absolute Gasteiger partial charge is 0.351 e. The highest BCUT2D eigenvalue weighted by Gasteiger charge is 2.29. The maximum atomic E-state index is 14.3. The molecule has 0 bridgehead atoms. The van der Waals surface area contributed by atoms with Crippen LogP contribution in [0.3, 0.4) is 0 Å². The predicted molar refractivity (Wildman–Crippen MR) is 124 cm³/mol. The van der Waals surface area contributed by atoms with Gasteiger partial charge in [-0.2, -0.15) is 4.98 Å². The molecule has 3 heterocycles. The van der Waals surface area contributed by atoms with Gasteiger partial charge < -0.3 is 10.6 Å². The Labute approximate surface area is 191 Å². The lowest BCUT2D eigenvalue weighted by Gasteiger charge is -2.25. The number of hydrogen-bond acceptors (Lipinski definition) is 7. The number of halogens is 2. The van der Waals surface area contributed by atoms with Crippen molar-refractivity contribution < 1.29 is 17.2 Å². The molecule has 0 unspecified atom stereocenters. The molecule has 11 heteroatoms. The monoisotopic (exact) mass is 478 g/mol. The van der Waals surface area contributed by atoms with E-state index in [-0.39, 0.29) is 36.6 Å². The zero-order chi connectivity index (χ0) is 22.3. The summed E-state index contributed by atoms with van der Waals surface area (Å²) >= 11 is 0. The third-order valence-corrected chi connectivity index (χ3v) is 7.93. The molecule has 1 aromatic carbocycles. The average molecular weight is 479 g/mol. The van der Waals surface area contributed by atoms with Gasteiger partial charge in [0.2, 0.25) is 11.9 Å². The van der Waals surface area contributed by atoms with Crippen molar-refractivity contribution in [3.05, 3.63) is 36.0 Å². The van der Waals surface area contributed by atoms with Crippen molar-refractivity contribution in [2.75, 3.05) is 22.1 Å². The molecule has 2 aromatic heterocycles. The summed E-state index contributed by atoms with van der Waals surface area (Å²) in [5.74, 6) is -0.723. The molecule has 0 atom stereocenters. The van der Waals surface area contributed by atoms with E-state index < -0.39 is 21.5 Å². The first-order valence-corrected chi connectivity index (χ1v) is 12.6. The van der Waals surface area contributed by atoms with Gasteiger partial charge in [-0.1, -0.05) is 26.3 Å². The summed E-state index contributed by atoms with van der Waals surface area (Å²) in [4.78, 5) is 13.5. The van der Waals surface area contributed by atoms with Crippen molar-refractivity contribution >= 4 is 38.6 Å². The van der Waals surface area contributed by atoms with E-state index in [0.29, 0.717) is 36.0 Å². The summed E-state index contributed by atoms with van der Waals surface area (Å²) in [6, 6.07) is 3.70. The van der Waals surface area contributed by atoms with Gasteiger partial charge in [0.05, 0.1) is 17.7 Å². The number of para-hydroxylation sites is 1. The van der Waals surface area contributed by atoms with Crippen LogP contribution < -0.4 is 10.6 Å². The number of anilines is 3. The number of imidazole rings is 1. The van der Waals surface area contributed by atoms with Gasteiger partial charge in [0.15, 0.2) is 5.65 Å². The first-order chi connectivity index (χ1) is 15.4. The van der Waals surface area contributed by atoms with E-state index in [9.17, 15) is 17.2 Å². The standard InChI is InChI=1S/C21H24F2N6O2S.CH4/c22-15-6-3-7-16(23)18(15)27-21-26-17-12-24-20(25-13-4-1-2-5-13)28-19(17)29(21)14-8-10-32(30,31)11-9-14;/h3,6-7,12-14H,1-2,4-5,8-11H2,(H,26,27)(H,24,25,28);1H4. The SMILES string of the molecule is C.O=S1(=O)CCC(n2c(Nc3c(F)cccc3F)nc3cnc(NC4CCCC4)nc32)CC1. The number of hydrogen-bond donors (Lipinski definition) is 2. The molecule has 2 fully saturated rings. The molecule has 0 radical (unpaired) electrons. The third kappa shape index (κ3) is 4.78. The van der Waals surface area contributed by atoms with Crippen LogP contribution in [0.2, 0.25) is 0 Å². The Morgan fingerprint density at radius 2 is 1.67 bits per heavy atom. The minimum Gasteiger partial charge on any atom is -0.351 e. The van der Waals surface area contributed by atoms with Crippen molar-refractivity contribution in [3.63, 3.8) is 0 Å². The van der Waals surface area contributed by atoms with E-state index in [2.05, 4.69) is 25.6 Å².